The van der Waals surface area contributed by atoms with Gasteiger partial charge in [-0.25, -0.2) is 0 Å². The van der Waals surface area contributed by atoms with Crippen LogP contribution in [-0.4, -0.2) is 25.4 Å². The number of ether oxygens (including phenoxy) is 2. The molecule has 2 fully saturated rings. The van der Waals surface area contributed by atoms with Gasteiger partial charge in [-0.05, 0) is 30.6 Å². The lowest BCUT2D eigenvalue weighted by Crippen LogP contribution is -2.34. The number of hydrogen-bond acceptors (Lipinski definition) is 5. The Hall–Kier alpha value is -0.710. The second-order valence-electron chi connectivity index (χ2n) is 7.88. The van der Waals surface area contributed by atoms with Crippen molar-refractivity contribution in [3.63, 3.8) is 0 Å². The lowest BCUT2D eigenvalue weighted by molar-refractivity contribution is -0.216. The van der Waals surface area contributed by atoms with Gasteiger partial charge >= 0.3 is 8.25 Å². The summed E-state index contributed by atoms with van der Waals surface area (Å²) in [6, 6.07) is 9.79. The molecule has 0 bridgehead atoms. The molecule has 6 heteroatoms. The van der Waals surface area contributed by atoms with E-state index in [0.717, 1.165) is 18.4 Å². The van der Waals surface area contributed by atoms with Crippen molar-refractivity contribution in [2.75, 3.05) is 13.2 Å². The van der Waals surface area contributed by atoms with Crippen LogP contribution in [0.2, 0.25) is 0 Å². The molecule has 1 aliphatic heterocycles. The van der Waals surface area contributed by atoms with Crippen molar-refractivity contribution in [3.8, 4) is 0 Å². The Labute approximate surface area is 157 Å². The summed E-state index contributed by atoms with van der Waals surface area (Å²) >= 11 is 0. The molecule has 2 aliphatic rings. The van der Waals surface area contributed by atoms with Crippen LogP contribution in [0.5, 0.6) is 0 Å². The highest BCUT2D eigenvalue weighted by atomic mass is 31.1. The molecule has 1 aliphatic carbocycles. The summed E-state index contributed by atoms with van der Waals surface area (Å²) in [7, 11) is -2.57. The van der Waals surface area contributed by atoms with Gasteiger partial charge in [0.2, 0.25) is 0 Å². The van der Waals surface area contributed by atoms with Crippen LogP contribution >= 0.6 is 8.25 Å². The van der Waals surface area contributed by atoms with E-state index in [1.807, 2.05) is 30.3 Å². The first-order chi connectivity index (χ1) is 12.5. The van der Waals surface area contributed by atoms with E-state index in [4.69, 9.17) is 18.5 Å². The SMILES string of the molecule is CC(C)[C@@H]1CC[C@@H](C)CC1O[PH](=O)OC1COC(c2ccccc2)OC1. The van der Waals surface area contributed by atoms with Crippen molar-refractivity contribution in [1.82, 2.24) is 0 Å². The summed E-state index contributed by atoms with van der Waals surface area (Å²) in [5.41, 5.74) is 0.978. The predicted molar refractivity (Wildman–Crippen MR) is 101 cm³/mol. The van der Waals surface area contributed by atoms with Gasteiger partial charge in [-0.3, -0.25) is 4.57 Å². The van der Waals surface area contributed by atoms with Crippen LogP contribution in [0, 0.1) is 17.8 Å². The Bertz CT molecular complexity index is 571. The summed E-state index contributed by atoms with van der Waals surface area (Å²) in [4.78, 5) is 0. The molecule has 26 heavy (non-hydrogen) atoms. The van der Waals surface area contributed by atoms with E-state index >= 15 is 0 Å². The smallest absolute Gasteiger partial charge is 0.319 e. The first-order valence-corrected chi connectivity index (χ1v) is 10.9. The Morgan fingerprint density at radius 3 is 2.42 bits per heavy atom. The maximum Gasteiger partial charge on any atom is 0.319 e. The van der Waals surface area contributed by atoms with Crippen LogP contribution < -0.4 is 0 Å². The molecule has 5 nitrogen and oxygen atoms in total. The largest absolute Gasteiger partial charge is 0.346 e. The van der Waals surface area contributed by atoms with Crippen molar-refractivity contribution >= 4 is 8.25 Å². The lowest BCUT2D eigenvalue weighted by atomic mass is 9.75. The fourth-order valence-electron chi connectivity index (χ4n) is 3.89. The molecule has 1 aromatic rings. The molecule has 0 amide bonds. The molecule has 0 N–H and O–H groups in total. The molecule has 1 saturated heterocycles. The van der Waals surface area contributed by atoms with Crippen LogP contribution in [0.1, 0.15) is 51.9 Å². The van der Waals surface area contributed by atoms with Gasteiger partial charge in [0.25, 0.3) is 0 Å². The molecule has 3 rings (SSSR count). The van der Waals surface area contributed by atoms with E-state index in [0.29, 0.717) is 31.0 Å². The quantitative estimate of drug-likeness (QED) is 0.649. The fraction of sp³-hybridized carbons (Fsp3) is 0.700. The van der Waals surface area contributed by atoms with Gasteiger partial charge in [-0.2, -0.15) is 0 Å². The van der Waals surface area contributed by atoms with Crippen LogP contribution in [-0.2, 0) is 23.1 Å². The standard InChI is InChI=1S/C20H31O5P/c1-14(2)18-10-9-15(3)11-19(18)25-26(21)24-17-12-22-20(23-13-17)16-7-5-4-6-8-16/h4-8,14-15,17-20,26H,9-13H2,1-3H3/t15-,17?,18+,19?,20?/m1/s1. The average Bonchev–Trinajstić information content (AvgIpc) is 2.63. The molecular weight excluding hydrogens is 351 g/mol. The number of benzene rings is 1. The maximum absolute atomic E-state index is 12.4. The summed E-state index contributed by atoms with van der Waals surface area (Å²) in [5.74, 6) is 1.58. The minimum absolute atomic E-state index is 0.0210. The highest BCUT2D eigenvalue weighted by Gasteiger charge is 2.33. The topological polar surface area (TPSA) is 54.0 Å². The van der Waals surface area contributed by atoms with E-state index in [9.17, 15) is 4.57 Å². The minimum atomic E-state index is -2.57. The van der Waals surface area contributed by atoms with Gasteiger partial charge in [-0.15, -0.1) is 0 Å². The van der Waals surface area contributed by atoms with Gasteiger partial charge in [0.15, 0.2) is 6.29 Å². The maximum atomic E-state index is 12.4. The summed E-state index contributed by atoms with van der Waals surface area (Å²) in [6.07, 6.45) is 2.59. The van der Waals surface area contributed by atoms with Crippen LogP contribution in [0.15, 0.2) is 30.3 Å². The fourth-order valence-corrected chi connectivity index (χ4v) is 4.88. The van der Waals surface area contributed by atoms with Crippen molar-refractivity contribution in [2.45, 2.75) is 58.5 Å². The van der Waals surface area contributed by atoms with Crippen LogP contribution in [0.4, 0.5) is 0 Å². The van der Waals surface area contributed by atoms with Crippen LogP contribution in [0.3, 0.4) is 0 Å². The molecule has 146 valence electrons. The number of rotatable bonds is 6. The minimum Gasteiger partial charge on any atom is -0.346 e. The van der Waals surface area contributed by atoms with Crippen LogP contribution in [0.25, 0.3) is 0 Å². The molecule has 0 spiro atoms. The zero-order valence-electron chi connectivity index (χ0n) is 15.9. The molecule has 4 atom stereocenters. The second-order valence-corrected chi connectivity index (χ2v) is 8.85. The monoisotopic (exact) mass is 382 g/mol. The third-order valence-corrected chi connectivity index (χ3v) is 6.43. The third kappa shape index (κ3) is 5.40. The lowest BCUT2D eigenvalue weighted by Gasteiger charge is -2.37. The van der Waals surface area contributed by atoms with Crippen molar-refractivity contribution in [2.24, 2.45) is 17.8 Å². The second kappa shape index (κ2) is 9.48. The van der Waals surface area contributed by atoms with E-state index < -0.39 is 8.25 Å². The molecular formula is C20H31O5P. The summed E-state index contributed by atoms with van der Waals surface area (Å²) in [5, 5.41) is 0. The van der Waals surface area contributed by atoms with E-state index in [1.54, 1.807) is 0 Å². The molecule has 0 aromatic heterocycles. The molecule has 2 unspecified atom stereocenters. The first kappa shape index (κ1) is 20.0. The molecule has 1 heterocycles. The van der Waals surface area contributed by atoms with Crippen molar-refractivity contribution < 1.29 is 23.1 Å². The van der Waals surface area contributed by atoms with Gasteiger partial charge in [-0.1, -0.05) is 57.5 Å². The van der Waals surface area contributed by atoms with Crippen molar-refractivity contribution in [3.05, 3.63) is 35.9 Å². The Kier molecular flexibility index (Phi) is 7.30. The molecule has 1 aromatic carbocycles. The van der Waals surface area contributed by atoms with Gasteiger partial charge in [0, 0.05) is 5.56 Å². The van der Waals surface area contributed by atoms with E-state index in [2.05, 4.69) is 20.8 Å². The van der Waals surface area contributed by atoms with Gasteiger partial charge in [0.1, 0.15) is 6.10 Å². The zero-order chi connectivity index (χ0) is 18.5. The van der Waals surface area contributed by atoms with E-state index in [-0.39, 0.29) is 18.5 Å². The predicted octanol–water partition coefficient (Wildman–Crippen LogP) is 4.98. The van der Waals surface area contributed by atoms with Gasteiger partial charge < -0.3 is 18.5 Å². The van der Waals surface area contributed by atoms with Crippen molar-refractivity contribution in [1.29, 1.82) is 0 Å². The molecule has 0 radical (unpaired) electrons. The summed E-state index contributed by atoms with van der Waals surface area (Å²) < 4.78 is 35.4. The number of hydrogen-bond donors (Lipinski definition) is 0. The Morgan fingerprint density at radius 2 is 1.77 bits per heavy atom. The highest BCUT2D eigenvalue weighted by molar-refractivity contribution is 7.33. The third-order valence-electron chi connectivity index (χ3n) is 5.41. The Balaban J connectivity index is 1.46. The highest BCUT2D eigenvalue weighted by Crippen LogP contribution is 2.41. The molecule has 1 saturated carbocycles. The average molecular weight is 382 g/mol. The summed E-state index contributed by atoms with van der Waals surface area (Å²) in [6.45, 7) is 7.36. The normalized spacial score (nSPS) is 33.9. The Morgan fingerprint density at radius 1 is 1.08 bits per heavy atom. The first-order valence-electron chi connectivity index (χ1n) is 9.68. The van der Waals surface area contributed by atoms with Gasteiger partial charge in [0.05, 0.1) is 19.3 Å². The zero-order valence-corrected chi connectivity index (χ0v) is 16.9. The van der Waals surface area contributed by atoms with E-state index in [1.165, 1.54) is 6.42 Å².